The molecular formula is C9H15N3O2. The van der Waals surface area contributed by atoms with E-state index in [1.54, 1.807) is 17.1 Å². The number of aromatic nitrogens is 2. The molecule has 0 aliphatic heterocycles. The number of aliphatic carboxylic acids is 1. The summed E-state index contributed by atoms with van der Waals surface area (Å²) in [6.45, 7) is 4.33. The Kier molecular flexibility index (Phi) is 2.78. The molecule has 0 saturated heterocycles. The van der Waals surface area contributed by atoms with Gasteiger partial charge in [0.1, 0.15) is 0 Å². The summed E-state index contributed by atoms with van der Waals surface area (Å²) in [7, 11) is 0. The molecule has 78 valence electrons. The summed E-state index contributed by atoms with van der Waals surface area (Å²) in [5.41, 5.74) is 5.78. The molecule has 0 aliphatic carbocycles. The Morgan fingerprint density at radius 3 is 2.79 bits per heavy atom. The predicted molar refractivity (Wildman–Crippen MR) is 52.7 cm³/mol. The average Bonchev–Trinajstić information content (AvgIpc) is 2.30. The lowest BCUT2D eigenvalue weighted by Crippen LogP contribution is -2.23. The first-order chi connectivity index (χ1) is 6.39. The summed E-state index contributed by atoms with van der Waals surface area (Å²) in [6, 6.07) is 0. The molecule has 0 aromatic carbocycles. The number of rotatable bonds is 4. The number of hydrogen-bond acceptors (Lipinski definition) is 3. The summed E-state index contributed by atoms with van der Waals surface area (Å²) in [4.78, 5) is 10.6. The Balaban J connectivity index is 2.63. The fourth-order valence-electron chi connectivity index (χ4n) is 1.37. The van der Waals surface area contributed by atoms with Crippen LogP contribution in [0.2, 0.25) is 0 Å². The molecule has 0 radical (unpaired) electrons. The van der Waals surface area contributed by atoms with Gasteiger partial charge >= 0.3 is 5.97 Å². The fraction of sp³-hybridized carbons (Fsp3) is 0.556. The Morgan fingerprint density at radius 2 is 2.36 bits per heavy atom. The average molecular weight is 197 g/mol. The lowest BCUT2D eigenvalue weighted by Gasteiger charge is -2.21. The van der Waals surface area contributed by atoms with Gasteiger partial charge in [-0.1, -0.05) is 13.8 Å². The molecule has 0 saturated carbocycles. The normalized spacial score (nSPS) is 11.6. The molecule has 0 aliphatic rings. The maximum atomic E-state index is 10.6. The Hall–Kier alpha value is -1.52. The van der Waals surface area contributed by atoms with Crippen molar-refractivity contribution < 1.29 is 9.90 Å². The van der Waals surface area contributed by atoms with E-state index in [0.717, 1.165) is 0 Å². The quantitative estimate of drug-likeness (QED) is 0.753. The van der Waals surface area contributed by atoms with Gasteiger partial charge in [-0.05, 0) is 5.41 Å². The van der Waals surface area contributed by atoms with Crippen molar-refractivity contribution in [2.45, 2.75) is 26.8 Å². The van der Waals surface area contributed by atoms with E-state index in [-0.39, 0.29) is 11.8 Å². The van der Waals surface area contributed by atoms with Gasteiger partial charge in [-0.15, -0.1) is 0 Å². The minimum atomic E-state index is -0.796. The number of carbonyl (C=O) groups is 1. The SMILES string of the molecule is CC(C)(CC(=O)O)Cn1cc(N)cn1. The van der Waals surface area contributed by atoms with Crippen LogP contribution in [0.25, 0.3) is 0 Å². The second-order valence-electron chi connectivity index (χ2n) is 4.21. The fourth-order valence-corrected chi connectivity index (χ4v) is 1.37. The van der Waals surface area contributed by atoms with Gasteiger partial charge in [0.05, 0.1) is 18.3 Å². The van der Waals surface area contributed by atoms with E-state index in [1.165, 1.54) is 0 Å². The number of nitrogen functional groups attached to an aromatic ring is 1. The van der Waals surface area contributed by atoms with Crippen LogP contribution in [0.15, 0.2) is 12.4 Å². The van der Waals surface area contributed by atoms with Gasteiger partial charge in [-0.2, -0.15) is 5.10 Å². The highest BCUT2D eigenvalue weighted by Crippen LogP contribution is 2.22. The van der Waals surface area contributed by atoms with Gasteiger partial charge in [0.15, 0.2) is 0 Å². The van der Waals surface area contributed by atoms with E-state index >= 15 is 0 Å². The molecule has 5 heteroatoms. The van der Waals surface area contributed by atoms with Crippen LogP contribution in [-0.2, 0) is 11.3 Å². The summed E-state index contributed by atoms with van der Waals surface area (Å²) < 4.78 is 1.66. The van der Waals surface area contributed by atoms with Crippen LogP contribution >= 0.6 is 0 Å². The summed E-state index contributed by atoms with van der Waals surface area (Å²) in [6.07, 6.45) is 3.37. The van der Waals surface area contributed by atoms with Gasteiger partial charge in [-0.3, -0.25) is 9.48 Å². The third-order valence-electron chi connectivity index (χ3n) is 1.87. The second kappa shape index (κ2) is 3.69. The van der Waals surface area contributed by atoms with Crippen molar-refractivity contribution >= 4 is 11.7 Å². The van der Waals surface area contributed by atoms with Crippen LogP contribution in [0.3, 0.4) is 0 Å². The van der Waals surface area contributed by atoms with Crippen molar-refractivity contribution in [3.05, 3.63) is 12.4 Å². The number of anilines is 1. The lowest BCUT2D eigenvalue weighted by atomic mass is 9.89. The van der Waals surface area contributed by atoms with Gasteiger partial charge in [0.2, 0.25) is 0 Å². The monoisotopic (exact) mass is 197 g/mol. The van der Waals surface area contributed by atoms with Gasteiger partial charge in [0, 0.05) is 12.7 Å². The first-order valence-electron chi connectivity index (χ1n) is 4.39. The summed E-state index contributed by atoms with van der Waals surface area (Å²) >= 11 is 0. The number of nitrogens with zero attached hydrogens (tertiary/aromatic N) is 2. The van der Waals surface area contributed by atoms with E-state index in [1.807, 2.05) is 13.8 Å². The first-order valence-corrected chi connectivity index (χ1v) is 4.39. The molecule has 1 aromatic heterocycles. The van der Waals surface area contributed by atoms with Crippen LogP contribution in [0.1, 0.15) is 20.3 Å². The Labute approximate surface area is 82.5 Å². The zero-order valence-electron chi connectivity index (χ0n) is 8.40. The van der Waals surface area contributed by atoms with E-state index < -0.39 is 5.97 Å². The molecule has 0 fully saturated rings. The minimum Gasteiger partial charge on any atom is -0.481 e. The smallest absolute Gasteiger partial charge is 0.303 e. The van der Waals surface area contributed by atoms with Gasteiger partial charge < -0.3 is 10.8 Å². The molecule has 0 bridgehead atoms. The first kappa shape index (κ1) is 10.6. The van der Waals surface area contributed by atoms with Crippen LogP contribution in [-0.4, -0.2) is 20.9 Å². The van der Waals surface area contributed by atoms with Crippen molar-refractivity contribution in [2.75, 3.05) is 5.73 Å². The number of hydrogen-bond donors (Lipinski definition) is 2. The molecular weight excluding hydrogens is 182 g/mol. The van der Waals surface area contributed by atoms with Crippen LogP contribution in [0.4, 0.5) is 5.69 Å². The Bertz CT molecular complexity index is 331. The van der Waals surface area contributed by atoms with Crippen molar-refractivity contribution in [3.8, 4) is 0 Å². The van der Waals surface area contributed by atoms with E-state index in [0.29, 0.717) is 12.2 Å². The zero-order chi connectivity index (χ0) is 10.8. The second-order valence-corrected chi connectivity index (χ2v) is 4.21. The van der Waals surface area contributed by atoms with Crippen molar-refractivity contribution in [3.63, 3.8) is 0 Å². The maximum absolute atomic E-state index is 10.6. The summed E-state index contributed by atoms with van der Waals surface area (Å²) in [5.74, 6) is -0.796. The topological polar surface area (TPSA) is 81.1 Å². The van der Waals surface area contributed by atoms with Crippen molar-refractivity contribution in [1.29, 1.82) is 0 Å². The molecule has 1 heterocycles. The molecule has 1 aromatic rings. The molecule has 0 atom stereocenters. The van der Waals surface area contributed by atoms with E-state index in [4.69, 9.17) is 10.8 Å². The van der Waals surface area contributed by atoms with Crippen LogP contribution in [0, 0.1) is 5.41 Å². The minimum absolute atomic E-state index is 0.118. The molecule has 3 N–H and O–H groups in total. The largest absolute Gasteiger partial charge is 0.481 e. The molecule has 5 nitrogen and oxygen atoms in total. The highest BCUT2D eigenvalue weighted by molar-refractivity contribution is 5.67. The molecule has 0 unspecified atom stereocenters. The third-order valence-corrected chi connectivity index (χ3v) is 1.87. The molecule has 0 amide bonds. The third kappa shape index (κ3) is 3.08. The van der Waals surface area contributed by atoms with Crippen molar-refractivity contribution in [1.82, 2.24) is 9.78 Å². The van der Waals surface area contributed by atoms with E-state index in [2.05, 4.69) is 5.10 Å². The number of carboxylic acids is 1. The molecule has 1 rings (SSSR count). The van der Waals surface area contributed by atoms with Crippen LogP contribution in [0.5, 0.6) is 0 Å². The molecule has 0 spiro atoms. The Morgan fingerprint density at radius 1 is 1.71 bits per heavy atom. The highest BCUT2D eigenvalue weighted by atomic mass is 16.4. The van der Waals surface area contributed by atoms with Gasteiger partial charge in [0.25, 0.3) is 0 Å². The van der Waals surface area contributed by atoms with Crippen LogP contribution < -0.4 is 5.73 Å². The number of carboxylic acid groups (broad SMARTS) is 1. The lowest BCUT2D eigenvalue weighted by molar-refractivity contribution is -0.139. The number of nitrogens with two attached hydrogens (primary N) is 1. The summed E-state index contributed by atoms with van der Waals surface area (Å²) in [5, 5.41) is 12.7. The zero-order valence-corrected chi connectivity index (χ0v) is 8.40. The van der Waals surface area contributed by atoms with Gasteiger partial charge in [-0.25, -0.2) is 0 Å². The maximum Gasteiger partial charge on any atom is 0.303 e. The predicted octanol–water partition coefficient (Wildman–Crippen LogP) is 0.966. The van der Waals surface area contributed by atoms with Crippen molar-refractivity contribution in [2.24, 2.45) is 5.41 Å². The van der Waals surface area contributed by atoms with E-state index in [9.17, 15) is 4.79 Å². The standard InChI is InChI=1S/C9H15N3O2/c1-9(2,3-8(13)14)6-12-5-7(10)4-11-12/h4-5H,3,6,10H2,1-2H3,(H,13,14). The molecule has 14 heavy (non-hydrogen) atoms. The highest BCUT2D eigenvalue weighted by Gasteiger charge is 2.22.